The van der Waals surface area contributed by atoms with Crippen LogP contribution >= 0.6 is 11.6 Å². The fraction of sp³-hybridized carbons (Fsp3) is 0. The second kappa shape index (κ2) is 4.68. The molecule has 3 aromatic rings. The number of fused-ring (bicyclic) bond motifs is 1. The summed E-state index contributed by atoms with van der Waals surface area (Å²) in [6, 6.07) is 9.39. The van der Waals surface area contributed by atoms with E-state index in [9.17, 15) is 13.6 Å². The van der Waals surface area contributed by atoms with Crippen molar-refractivity contribution in [3.8, 4) is 5.69 Å². The molecule has 0 aliphatic rings. The lowest BCUT2D eigenvalue weighted by atomic mass is 10.2. The van der Waals surface area contributed by atoms with E-state index in [1.54, 1.807) is 24.3 Å². The van der Waals surface area contributed by atoms with Crippen LogP contribution in [0.5, 0.6) is 0 Å². The summed E-state index contributed by atoms with van der Waals surface area (Å²) < 4.78 is 27.4. The van der Waals surface area contributed by atoms with Gasteiger partial charge in [0.15, 0.2) is 5.15 Å². The summed E-state index contributed by atoms with van der Waals surface area (Å²) in [6.45, 7) is 0. The highest BCUT2D eigenvalue weighted by Crippen LogP contribution is 2.19. The van der Waals surface area contributed by atoms with Crippen molar-refractivity contribution in [2.45, 2.75) is 0 Å². The van der Waals surface area contributed by atoms with Gasteiger partial charge in [0.25, 0.3) is 5.56 Å². The number of rotatable bonds is 1. The number of hydrogen-bond acceptors (Lipinski definition) is 2. The first-order chi connectivity index (χ1) is 9.56. The lowest BCUT2D eigenvalue weighted by molar-refractivity contribution is 0.579. The molecular formula is C14H7ClF2N2O. The van der Waals surface area contributed by atoms with Crippen molar-refractivity contribution in [3.63, 3.8) is 0 Å². The van der Waals surface area contributed by atoms with Crippen LogP contribution in [-0.2, 0) is 0 Å². The minimum atomic E-state index is -0.794. The quantitative estimate of drug-likeness (QED) is 0.689. The van der Waals surface area contributed by atoms with Gasteiger partial charge in [-0.05, 0) is 18.2 Å². The summed E-state index contributed by atoms with van der Waals surface area (Å²) >= 11 is 6.01. The molecule has 0 radical (unpaired) electrons. The molecule has 0 spiro atoms. The van der Waals surface area contributed by atoms with E-state index >= 15 is 0 Å². The molecule has 0 aliphatic heterocycles. The Labute approximate surface area is 117 Å². The molecule has 100 valence electrons. The summed E-state index contributed by atoms with van der Waals surface area (Å²) in [5, 5.41) is 4.80. The van der Waals surface area contributed by atoms with Gasteiger partial charge >= 0.3 is 0 Å². The number of benzene rings is 2. The van der Waals surface area contributed by atoms with E-state index in [4.69, 9.17) is 11.6 Å². The Kier molecular flexibility index (Phi) is 2.99. The van der Waals surface area contributed by atoms with Crippen LogP contribution in [0.2, 0.25) is 5.15 Å². The third-order valence-corrected chi connectivity index (χ3v) is 3.13. The molecule has 0 saturated carbocycles. The number of aromatic nitrogens is 2. The summed E-state index contributed by atoms with van der Waals surface area (Å²) in [4.78, 5) is 12.3. The Bertz CT molecular complexity index is 856. The standard InChI is InChI=1S/C14H7ClF2N2O/c15-13-11-3-1-2-4-12(11)14(20)19(18-13)10-6-8(16)5-9(17)7-10/h1-7H. The Morgan fingerprint density at radius 3 is 2.25 bits per heavy atom. The molecule has 0 atom stereocenters. The highest BCUT2D eigenvalue weighted by molar-refractivity contribution is 6.34. The Hall–Kier alpha value is -2.27. The lowest BCUT2D eigenvalue weighted by Crippen LogP contribution is -2.21. The highest BCUT2D eigenvalue weighted by atomic mass is 35.5. The maximum Gasteiger partial charge on any atom is 0.279 e. The maximum absolute atomic E-state index is 13.2. The van der Waals surface area contributed by atoms with Crippen molar-refractivity contribution in [1.82, 2.24) is 9.78 Å². The average molecular weight is 293 g/mol. The fourth-order valence-corrected chi connectivity index (χ4v) is 2.23. The van der Waals surface area contributed by atoms with Gasteiger partial charge in [-0.25, -0.2) is 8.78 Å². The molecule has 0 bridgehead atoms. The molecule has 0 N–H and O–H groups in total. The molecule has 0 amide bonds. The van der Waals surface area contributed by atoms with E-state index in [0.29, 0.717) is 10.8 Å². The zero-order valence-electron chi connectivity index (χ0n) is 9.98. The van der Waals surface area contributed by atoms with Crippen molar-refractivity contribution < 1.29 is 8.78 Å². The first-order valence-electron chi connectivity index (χ1n) is 5.70. The largest absolute Gasteiger partial charge is 0.279 e. The first kappa shape index (κ1) is 12.7. The molecule has 0 fully saturated rings. The van der Waals surface area contributed by atoms with E-state index < -0.39 is 17.2 Å². The molecule has 0 unspecified atom stereocenters. The molecule has 3 nitrogen and oxygen atoms in total. The van der Waals surface area contributed by atoms with E-state index in [0.717, 1.165) is 22.9 Å². The van der Waals surface area contributed by atoms with Crippen LogP contribution in [0.1, 0.15) is 0 Å². The summed E-state index contributed by atoms with van der Waals surface area (Å²) in [5.74, 6) is -1.59. The van der Waals surface area contributed by atoms with Gasteiger partial charge in [-0.3, -0.25) is 4.79 Å². The van der Waals surface area contributed by atoms with Crippen LogP contribution in [0.3, 0.4) is 0 Å². The van der Waals surface area contributed by atoms with Crippen molar-refractivity contribution in [2.24, 2.45) is 0 Å². The van der Waals surface area contributed by atoms with Crippen molar-refractivity contribution >= 4 is 22.4 Å². The SMILES string of the molecule is O=c1c2ccccc2c(Cl)nn1-c1cc(F)cc(F)c1. The molecule has 3 rings (SSSR count). The van der Waals surface area contributed by atoms with Gasteiger partial charge in [-0.1, -0.05) is 29.8 Å². The maximum atomic E-state index is 13.2. The zero-order valence-corrected chi connectivity index (χ0v) is 10.7. The number of nitrogens with zero attached hydrogens (tertiary/aromatic N) is 2. The minimum absolute atomic E-state index is 0.0137. The third kappa shape index (κ3) is 2.06. The smallest absolute Gasteiger partial charge is 0.267 e. The predicted molar refractivity (Wildman–Crippen MR) is 72.3 cm³/mol. The van der Waals surface area contributed by atoms with Gasteiger partial charge in [0.05, 0.1) is 11.1 Å². The van der Waals surface area contributed by atoms with Crippen LogP contribution in [0.25, 0.3) is 16.5 Å². The van der Waals surface area contributed by atoms with E-state index in [2.05, 4.69) is 5.10 Å². The third-order valence-electron chi connectivity index (χ3n) is 2.85. The second-order valence-electron chi connectivity index (χ2n) is 4.18. The minimum Gasteiger partial charge on any atom is -0.267 e. The molecular weight excluding hydrogens is 286 g/mol. The summed E-state index contributed by atoms with van der Waals surface area (Å²) in [6.07, 6.45) is 0. The van der Waals surface area contributed by atoms with Gasteiger partial charge in [0.2, 0.25) is 0 Å². The normalized spacial score (nSPS) is 10.9. The fourth-order valence-electron chi connectivity index (χ4n) is 1.99. The van der Waals surface area contributed by atoms with Gasteiger partial charge < -0.3 is 0 Å². The molecule has 2 aromatic carbocycles. The summed E-state index contributed by atoms with van der Waals surface area (Å²) in [5.41, 5.74) is -0.504. The van der Waals surface area contributed by atoms with Crippen molar-refractivity contribution in [2.75, 3.05) is 0 Å². The van der Waals surface area contributed by atoms with Gasteiger partial charge in [-0.2, -0.15) is 9.78 Å². The number of hydrogen-bond donors (Lipinski definition) is 0. The van der Waals surface area contributed by atoms with Crippen LogP contribution in [0.4, 0.5) is 8.78 Å². The average Bonchev–Trinajstić information content (AvgIpc) is 2.42. The molecule has 0 aliphatic carbocycles. The van der Waals surface area contributed by atoms with Gasteiger partial charge in [0, 0.05) is 11.5 Å². The summed E-state index contributed by atoms with van der Waals surface area (Å²) in [7, 11) is 0. The molecule has 0 saturated heterocycles. The second-order valence-corrected chi connectivity index (χ2v) is 4.54. The first-order valence-corrected chi connectivity index (χ1v) is 6.08. The monoisotopic (exact) mass is 292 g/mol. The number of halogens is 3. The van der Waals surface area contributed by atoms with Crippen LogP contribution in [0, 0.1) is 11.6 Å². The van der Waals surface area contributed by atoms with E-state index in [1.165, 1.54) is 0 Å². The predicted octanol–water partition coefficient (Wildman–Crippen LogP) is 3.32. The lowest BCUT2D eigenvalue weighted by Gasteiger charge is -2.08. The Balaban J connectivity index is 2.37. The van der Waals surface area contributed by atoms with E-state index in [-0.39, 0.29) is 10.8 Å². The van der Waals surface area contributed by atoms with E-state index in [1.807, 2.05) is 0 Å². The van der Waals surface area contributed by atoms with Crippen molar-refractivity contribution in [3.05, 3.63) is 69.6 Å². The molecule has 20 heavy (non-hydrogen) atoms. The van der Waals surface area contributed by atoms with Crippen LogP contribution in [0.15, 0.2) is 47.3 Å². The Morgan fingerprint density at radius 2 is 1.60 bits per heavy atom. The van der Waals surface area contributed by atoms with Gasteiger partial charge in [-0.15, -0.1) is 0 Å². The Morgan fingerprint density at radius 1 is 1.00 bits per heavy atom. The van der Waals surface area contributed by atoms with Gasteiger partial charge in [0.1, 0.15) is 11.6 Å². The molecule has 6 heteroatoms. The molecule has 1 heterocycles. The van der Waals surface area contributed by atoms with Crippen LogP contribution < -0.4 is 5.56 Å². The van der Waals surface area contributed by atoms with Crippen LogP contribution in [-0.4, -0.2) is 9.78 Å². The topological polar surface area (TPSA) is 34.9 Å². The van der Waals surface area contributed by atoms with Crippen molar-refractivity contribution in [1.29, 1.82) is 0 Å². The molecule has 1 aromatic heterocycles. The highest BCUT2D eigenvalue weighted by Gasteiger charge is 2.11. The zero-order chi connectivity index (χ0) is 14.3.